The van der Waals surface area contributed by atoms with Crippen molar-refractivity contribution in [3.05, 3.63) is 95.5 Å². The Labute approximate surface area is 166 Å². The molecule has 0 spiro atoms. The van der Waals surface area contributed by atoms with Crippen LogP contribution in [0.3, 0.4) is 0 Å². The molecule has 3 aromatic carbocycles. The van der Waals surface area contributed by atoms with E-state index in [0.29, 0.717) is 26.5 Å². The molecule has 4 aromatic rings. The number of hydrogen-bond donors (Lipinski definition) is 0. The number of benzene rings is 3. The Morgan fingerprint density at radius 2 is 1.43 bits per heavy atom. The highest BCUT2D eigenvalue weighted by molar-refractivity contribution is 7.85. The molecule has 28 heavy (non-hydrogen) atoms. The first-order chi connectivity index (χ1) is 13.5. The van der Waals surface area contributed by atoms with Crippen LogP contribution in [0.15, 0.2) is 84.9 Å². The average Bonchev–Trinajstić information content (AvgIpc) is 2.73. The SMILES string of the molecule is O=P(c1ccccc1)(c1ccc(Cl)cc1)c1cc(C(F)F)c2ccccc2n1. The summed E-state index contributed by atoms with van der Waals surface area (Å²) in [5.74, 6) is 0. The molecule has 6 heteroatoms. The monoisotopic (exact) mass is 413 g/mol. The van der Waals surface area contributed by atoms with E-state index in [4.69, 9.17) is 11.6 Å². The van der Waals surface area contributed by atoms with Gasteiger partial charge in [-0.3, -0.25) is 0 Å². The van der Waals surface area contributed by atoms with Crippen molar-refractivity contribution in [3.8, 4) is 0 Å². The third kappa shape index (κ3) is 3.23. The molecule has 1 unspecified atom stereocenters. The number of halogens is 3. The molecular weight excluding hydrogens is 399 g/mol. The highest BCUT2D eigenvalue weighted by atomic mass is 35.5. The Morgan fingerprint density at radius 1 is 0.821 bits per heavy atom. The minimum atomic E-state index is -3.47. The molecule has 1 aromatic heterocycles. The van der Waals surface area contributed by atoms with Crippen LogP contribution in [-0.4, -0.2) is 4.98 Å². The summed E-state index contributed by atoms with van der Waals surface area (Å²) in [5, 5.41) is 1.88. The summed E-state index contributed by atoms with van der Waals surface area (Å²) in [4.78, 5) is 4.54. The molecule has 0 aliphatic heterocycles. The number of fused-ring (bicyclic) bond motifs is 1. The predicted molar refractivity (Wildman–Crippen MR) is 111 cm³/mol. The van der Waals surface area contributed by atoms with E-state index >= 15 is 0 Å². The van der Waals surface area contributed by atoms with Crippen molar-refractivity contribution in [1.82, 2.24) is 4.98 Å². The zero-order valence-electron chi connectivity index (χ0n) is 14.6. The lowest BCUT2D eigenvalue weighted by Crippen LogP contribution is -2.27. The smallest absolute Gasteiger partial charge is 0.264 e. The summed E-state index contributed by atoms with van der Waals surface area (Å²) in [6, 6.07) is 23.4. The van der Waals surface area contributed by atoms with Crippen LogP contribution in [0, 0.1) is 0 Å². The zero-order chi connectivity index (χ0) is 19.7. The topological polar surface area (TPSA) is 30.0 Å². The first-order valence-corrected chi connectivity index (χ1v) is 10.7. The standard InChI is InChI=1S/C22H15ClF2NOP/c23-15-10-12-17(13-11-15)28(27,16-6-2-1-3-7-16)21-14-19(22(24)25)18-8-4-5-9-20(18)26-21/h1-14,22H. The molecule has 0 radical (unpaired) electrons. The van der Waals surface area contributed by atoms with Crippen molar-refractivity contribution in [2.24, 2.45) is 0 Å². The Bertz CT molecular complexity index is 1180. The highest BCUT2D eigenvalue weighted by Gasteiger charge is 2.32. The number of alkyl halides is 2. The minimum absolute atomic E-state index is 0.134. The third-order valence-electron chi connectivity index (χ3n) is 4.60. The number of nitrogens with zero attached hydrogens (tertiary/aromatic N) is 1. The Balaban J connectivity index is 2.06. The van der Waals surface area contributed by atoms with E-state index in [1.807, 2.05) is 6.07 Å². The van der Waals surface area contributed by atoms with Crippen molar-refractivity contribution in [1.29, 1.82) is 0 Å². The van der Waals surface area contributed by atoms with Crippen LogP contribution in [0.4, 0.5) is 8.78 Å². The van der Waals surface area contributed by atoms with Crippen molar-refractivity contribution in [3.63, 3.8) is 0 Å². The fraction of sp³-hybridized carbons (Fsp3) is 0.0455. The number of aromatic nitrogens is 1. The molecule has 0 amide bonds. The zero-order valence-corrected chi connectivity index (χ0v) is 16.2. The largest absolute Gasteiger partial charge is 0.307 e. The normalized spacial score (nSPS) is 13.6. The van der Waals surface area contributed by atoms with Gasteiger partial charge in [-0.1, -0.05) is 60.1 Å². The molecule has 1 heterocycles. The second-order valence-electron chi connectivity index (χ2n) is 6.31. The van der Waals surface area contributed by atoms with Gasteiger partial charge < -0.3 is 4.57 Å². The van der Waals surface area contributed by atoms with Crippen molar-refractivity contribution >= 4 is 45.7 Å². The van der Waals surface area contributed by atoms with Gasteiger partial charge in [0.05, 0.1) is 5.52 Å². The molecular formula is C22H15ClF2NOP. The van der Waals surface area contributed by atoms with E-state index in [1.165, 1.54) is 6.07 Å². The van der Waals surface area contributed by atoms with Gasteiger partial charge in [0.25, 0.3) is 6.43 Å². The summed E-state index contributed by atoms with van der Waals surface area (Å²) in [6.07, 6.45) is -2.71. The maximum atomic E-state index is 14.4. The van der Waals surface area contributed by atoms with E-state index in [2.05, 4.69) is 4.98 Å². The number of rotatable bonds is 4. The van der Waals surface area contributed by atoms with Crippen LogP contribution in [0.25, 0.3) is 10.9 Å². The molecule has 4 rings (SSSR count). The van der Waals surface area contributed by atoms with Crippen molar-refractivity contribution in [2.75, 3.05) is 0 Å². The fourth-order valence-corrected chi connectivity index (χ4v) is 5.92. The van der Waals surface area contributed by atoms with Gasteiger partial charge in [0.1, 0.15) is 5.44 Å². The minimum Gasteiger partial charge on any atom is -0.307 e. The van der Waals surface area contributed by atoms with Gasteiger partial charge in [-0.2, -0.15) is 0 Å². The van der Waals surface area contributed by atoms with E-state index < -0.39 is 13.6 Å². The fourth-order valence-electron chi connectivity index (χ4n) is 3.23. The predicted octanol–water partition coefficient (Wildman–Crippen LogP) is 5.47. The van der Waals surface area contributed by atoms with Crippen LogP contribution in [-0.2, 0) is 4.57 Å². The van der Waals surface area contributed by atoms with E-state index in [0.717, 1.165) is 0 Å². The second-order valence-corrected chi connectivity index (χ2v) is 9.45. The molecule has 2 nitrogen and oxygen atoms in total. The molecule has 0 aliphatic carbocycles. The van der Waals surface area contributed by atoms with E-state index in [-0.39, 0.29) is 11.0 Å². The van der Waals surface area contributed by atoms with Crippen LogP contribution in [0.2, 0.25) is 5.02 Å². The van der Waals surface area contributed by atoms with Crippen LogP contribution >= 0.6 is 18.7 Å². The van der Waals surface area contributed by atoms with E-state index in [1.54, 1.807) is 72.8 Å². The third-order valence-corrected chi connectivity index (χ3v) is 7.78. The summed E-state index contributed by atoms with van der Waals surface area (Å²) >= 11 is 5.99. The quantitative estimate of drug-likeness (QED) is 0.415. The molecule has 0 saturated heterocycles. The van der Waals surface area contributed by atoms with Crippen LogP contribution in [0.1, 0.15) is 12.0 Å². The molecule has 1 atom stereocenters. The van der Waals surface area contributed by atoms with Gasteiger partial charge in [-0.25, -0.2) is 13.8 Å². The number of hydrogen-bond acceptors (Lipinski definition) is 2. The molecule has 140 valence electrons. The first kappa shape index (κ1) is 18.8. The van der Waals surface area contributed by atoms with Gasteiger partial charge in [0.15, 0.2) is 7.14 Å². The van der Waals surface area contributed by atoms with E-state index in [9.17, 15) is 13.3 Å². The van der Waals surface area contributed by atoms with Gasteiger partial charge >= 0.3 is 0 Å². The molecule has 0 saturated carbocycles. The lowest BCUT2D eigenvalue weighted by atomic mass is 10.1. The number of pyridine rings is 1. The maximum Gasteiger partial charge on any atom is 0.264 e. The molecule has 0 bridgehead atoms. The Hall–Kier alpha value is -2.55. The second kappa shape index (κ2) is 7.46. The van der Waals surface area contributed by atoms with Crippen molar-refractivity contribution < 1.29 is 13.3 Å². The molecule has 0 fully saturated rings. The molecule has 0 N–H and O–H groups in total. The lowest BCUT2D eigenvalue weighted by Gasteiger charge is -2.20. The summed E-state index contributed by atoms with van der Waals surface area (Å²) in [7, 11) is -3.47. The Kier molecular flexibility index (Phi) is 5.01. The van der Waals surface area contributed by atoms with Crippen molar-refractivity contribution in [2.45, 2.75) is 6.43 Å². The summed E-state index contributed by atoms with van der Waals surface area (Å²) in [5.41, 5.74) is 0.348. The average molecular weight is 414 g/mol. The van der Waals surface area contributed by atoms with Gasteiger partial charge in [-0.15, -0.1) is 0 Å². The first-order valence-electron chi connectivity index (χ1n) is 8.60. The number of para-hydroxylation sites is 1. The Morgan fingerprint density at radius 3 is 2.11 bits per heavy atom. The van der Waals surface area contributed by atoms with Gasteiger partial charge in [-0.05, 0) is 36.4 Å². The summed E-state index contributed by atoms with van der Waals surface area (Å²) in [6.45, 7) is 0. The van der Waals surface area contributed by atoms with Crippen LogP contribution < -0.4 is 16.0 Å². The summed E-state index contributed by atoms with van der Waals surface area (Å²) < 4.78 is 42.0. The maximum absolute atomic E-state index is 14.4. The van der Waals surface area contributed by atoms with Gasteiger partial charge in [0.2, 0.25) is 0 Å². The van der Waals surface area contributed by atoms with Crippen LogP contribution in [0.5, 0.6) is 0 Å². The van der Waals surface area contributed by atoms with Gasteiger partial charge in [0, 0.05) is 26.6 Å². The lowest BCUT2D eigenvalue weighted by molar-refractivity contribution is 0.153. The highest BCUT2D eigenvalue weighted by Crippen LogP contribution is 2.43. The molecule has 0 aliphatic rings.